The second-order valence-corrected chi connectivity index (χ2v) is 28.8. The van der Waals surface area contributed by atoms with Crippen molar-refractivity contribution >= 4 is 63.9 Å². The Bertz CT molecular complexity index is 5180. The summed E-state index contributed by atoms with van der Waals surface area (Å²) in [7, 11) is 1.63. The van der Waals surface area contributed by atoms with Crippen molar-refractivity contribution in [3.05, 3.63) is 248 Å². The molecule has 29 heteroatoms. The minimum atomic E-state index is -2.03. The molecule has 0 saturated heterocycles. The first kappa shape index (κ1) is 86.5. The first-order valence-corrected chi connectivity index (χ1v) is 40.5. The van der Waals surface area contributed by atoms with Gasteiger partial charge in [-0.3, -0.25) is 34.1 Å². The van der Waals surface area contributed by atoms with E-state index in [1.165, 1.54) is 0 Å². The number of ether oxygens (including phenoxy) is 13. The molecule has 0 fully saturated rings. The highest BCUT2D eigenvalue weighted by atomic mass is 16.7. The lowest BCUT2D eigenvalue weighted by atomic mass is 9.77. The minimum absolute atomic E-state index is 0.0478. The summed E-state index contributed by atoms with van der Waals surface area (Å²) in [6.07, 6.45) is 0.0797. The molecule has 632 valence electrons. The van der Waals surface area contributed by atoms with E-state index in [0.717, 1.165) is 50.0 Å². The van der Waals surface area contributed by atoms with Gasteiger partial charge in [0.05, 0.1) is 133 Å². The molecule has 5 amide bonds. The SMILES string of the molecule is CC[C@@]1(OC(=O)OCc2ccc(NC(=O)[C@H](CCCCNC(c3ccccc3)(c3ccccc3)c3ccc(OC)cc3)NC(=O)COCC(=O)NCCOCCOCCOCCOCCOCCOCCNC(=O)CCC(=O)N3Cc4ccccc4C#Cc4ccccc43)cc2)C(=O)OCc2c1cc1n(c2=O)Cc2cc3cc4c(cc3nc2-1)OCO4. The van der Waals surface area contributed by atoms with E-state index in [0.29, 0.717) is 144 Å². The van der Waals surface area contributed by atoms with Crippen molar-refractivity contribution in [3.8, 4) is 40.5 Å². The number of anilines is 2. The maximum atomic E-state index is 14.3. The number of nitrogens with zero attached hydrogens (tertiary/aromatic N) is 3. The third-order valence-electron chi connectivity index (χ3n) is 20.9. The molecule has 0 radical (unpaired) electrons. The molecule has 0 spiro atoms. The van der Waals surface area contributed by atoms with Crippen LogP contribution >= 0.6 is 0 Å². The Morgan fingerprint density at radius 3 is 1.83 bits per heavy atom. The van der Waals surface area contributed by atoms with Crippen LogP contribution in [0.1, 0.15) is 101 Å². The van der Waals surface area contributed by atoms with Crippen LogP contribution in [0, 0.1) is 11.8 Å². The number of hydrogen-bond donors (Lipinski definition) is 5. The molecule has 4 aliphatic heterocycles. The summed E-state index contributed by atoms with van der Waals surface area (Å²) >= 11 is 0. The lowest BCUT2D eigenvalue weighted by Gasteiger charge is -2.37. The van der Waals surface area contributed by atoms with Crippen LogP contribution in [-0.4, -0.2) is 183 Å². The van der Waals surface area contributed by atoms with Gasteiger partial charge in [0.25, 0.3) is 5.56 Å². The first-order valence-electron chi connectivity index (χ1n) is 40.5. The number of methoxy groups -OCH3 is 1. The number of hydrogen-bond acceptors (Lipinski definition) is 23. The number of aromatic nitrogens is 2. The van der Waals surface area contributed by atoms with E-state index in [9.17, 15) is 38.4 Å². The molecule has 9 aromatic rings. The number of pyridine rings is 2. The molecule has 121 heavy (non-hydrogen) atoms. The van der Waals surface area contributed by atoms with E-state index in [2.05, 4.69) is 62.7 Å². The Hall–Kier alpha value is -12.4. The summed E-state index contributed by atoms with van der Waals surface area (Å²) in [6, 6.07) is 56.1. The van der Waals surface area contributed by atoms with Gasteiger partial charge in [-0.1, -0.05) is 134 Å². The van der Waals surface area contributed by atoms with Crippen LogP contribution in [0.5, 0.6) is 17.2 Å². The maximum Gasteiger partial charge on any atom is 0.510 e. The number of unbranched alkanes of at least 4 members (excludes halogenated alkanes) is 1. The van der Waals surface area contributed by atoms with Crippen LogP contribution in [0.2, 0.25) is 0 Å². The zero-order valence-corrected chi connectivity index (χ0v) is 67.6. The fourth-order valence-corrected chi connectivity index (χ4v) is 14.7. The van der Waals surface area contributed by atoms with Crippen LogP contribution in [0.3, 0.4) is 0 Å². The summed E-state index contributed by atoms with van der Waals surface area (Å²) in [5.74, 6) is 5.36. The van der Waals surface area contributed by atoms with Crippen LogP contribution in [0.25, 0.3) is 22.3 Å². The van der Waals surface area contributed by atoms with Crippen molar-refractivity contribution in [2.75, 3.05) is 136 Å². The molecule has 0 aliphatic carbocycles. The van der Waals surface area contributed by atoms with E-state index >= 15 is 0 Å². The average Bonchev–Trinajstić information content (AvgIpc) is 1.69. The Balaban J connectivity index is 0.505. The molecule has 29 nitrogen and oxygen atoms in total. The third kappa shape index (κ3) is 22.4. The lowest BCUT2D eigenvalue weighted by Crippen LogP contribution is -2.47. The Kier molecular flexibility index (Phi) is 30.8. The van der Waals surface area contributed by atoms with Gasteiger partial charge in [-0.05, 0) is 121 Å². The van der Waals surface area contributed by atoms with Crippen LogP contribution in [0.4, 0.5) is 16.2 Å². The molecular formula is C92H98N8O21. The molecule has 0 unspecified atom stereocenters. The van der Waals surface area contributed by atoms with Crippen molar-refractivity contribution < 1.29 is 95.1 Å². The summed E-state index contributed by atoms with van der Waals surface area (Å²) in [6.45, 7) is 5.62. The number of rotatable bonds is 45. The number of nitrogens with one attached hydrogen (secondary N) is 5. The third-order valence-corrected chi connectivity index (χ3v) is 20.9. The predicted octanol–water partition coefficient (Wildman–Crippen LogP) is 9.43. The van der Waals surface area contributed by atoms with Crippen LogP contribution < -0.4 is 51.3 Å². The van der Waals surface area contributed by atoms with Crippen molar-refractivity contribution in [2.45, 2.75) is 88.9 Å². The Morgan fingerprint density at radius 2 is 1.17 bits per heavy atom. The molecule has 6 heterocycles. The topological polar surface area (TPSA) is 338 Å². The largest absolute Gasteiger partial charge is 0.510 e. The van der Waals surface area contributed by atoms with Gasteiger partial charge in [0.2, 0.25) is 41.9 Å². The monoisotopic (exact) mass is 1650 g/mol. The van der Waals surface area contributed by atoms with Gasteiger partial charge in [0.1, 0.15) is 38.2 Å². The lowest BCUT2D eigenvalue weighted by molar-refractivity contribution is -0.175. The van der Waals surface area contributed by atoms with Crippen LogP contribution in [0.15, 0.2) is 187 Å². The molecule has 7 aromatic carbocycles. The highest BCUT2D eigenvalue weighted by Crippen LogP contribution is 2.44. The summed E-state index contributed by atoms with van der Waals surface area (Å²) in [5.41, 5.74) is 6.62. The zero-order valence-electron chi connectivity index (χ0n) is 67.6. The Morgan fingerprint density at radius 1 is 0.579 bits per heavy atom. The summed E-state index contributed by atoms with van der Waals surface area (Å²) in [5, 5.41) is 15.9. The van der Waals surface area contributed by atoms with E-state index in [1.54, 1.807) is 59.9 Å². The van der Waals surface area contributed by atoms with Crippen molar-refractivity contribution in [3.63, 3.8) is 0 Å². The number of carbonyl (C=O) groups excluding carboxylic acids is 7. The fourth-order valence-electron chi connectivity index (χ4n) is 14.7. The molecule has 0 bridgehead atoms. The fraction of sp³-hybridized carbons (Fsp3) is 0.359. The number of esters is 1. The van der Waals surface area contributed by atoms with Crippen molar-refractivity contribution in [1.82, 2.24) is 30.8 Å². The summed E-state index contributed by atoms with van der Waals surface area (Å²) in [4.78, 5) is 115. The molecule has 2 atom stereocenters. The van der Waals surface area contributed by atoms with E-state index < -0.39 is 65.8 Å². The standard InChI is InChI=1S/C92H98N8O21/c1-3-91(75-54-79-86-68(57-100(79)88(106)74(75)59-117-89(91)107)52-67-53-80-81(120-62-119-80)55-77(67)98-86)121-90(108)118-58-63-25-31-72(32-26-63)96-87(105)76(23-14-15-37-95-92(69-19-6-4-7-20-69,70-21-8-5-9-22-70)71-29-33-73(109-2)34-30-71)97-84(103)61-116-60-83(102)94-39-41-111-43-45-113-47-49-115-51-50-114-48-46-112-44-42-110-40-38-93-82(101)35-36-85(104)99-56-66-18-11-10-16-64(66)27-28-65-17-12-13-24-78(65)99/h4-13,16-22,24-26,29-34,52-55,76,95H,3,14-15,23,35-51,56-62H2,1-2H3,(H,93,101)(H,94,102)(H,96,105)(H,97,103)/t76-,91-/m0/s1. The number of cyclic esters (lactones) is 1. The first-order chi connectivity index (χ1) is 59.2. The molecule has 5 N–H and O–H groups in total. The normalized spacial score (nSPS) is 14.2. The Labute approximate surface area is 700 Å². The number of benzene rings is 7. The van der Waals surface area contributed by atoms with Gasteiger partial charge in [0, 0.05) is 65.3 Å². The molecule has 13 rings (SSSR count). The molecule has 4 aliphatic rings. The molecular weight excluding hydrogens is 1550 g/mol. The van der Waals surface area contributed by atoms with E-state index in [4.69, 9.17) is 66.6 Å². The second kappa shape index (κ2) is 43.0. The van der Waals surface area contributed by atoms with Gasteiger partial charge in [-0.2, -0.15) is 0 Å². The average molecular weight is 1650 g/mol. The predicted molar refractivity (Wildman–Crippen MR) is 445 cm³/mol. The highest BCUT2D eigenvalue weighted by Gasteiger charge is 2.51. The zero-order chi connectivity index (χ0) is 84.2. The molecule has 0 saturated carbocycles. The van der Waals surface area contributed by atoms with Gasteiger partial charge in [-0.25, -0.2) is 14.6 Å². The van der Waals surface area contributed by atoms with Crippen molar-refractivity contribution in [2.24, 2.45) is 0 Å². The molecule has 2 aromatic heterocycles. The second-order valence-electron chi connectivity index (χ2n) is 28.8. The smallest absolute Gasteiger partial charge is 0.497 e. The van der Waals surface area contributed by atoms with E-state index in [1.807, 2.05) is 121 Å². The number of fused-ring (bicyclic) bond motifs is 8. The van der Waals surface area contributed by atoms with Gasteiger partial charge in [0.15, 0.2) is 11.5 Å². The summed E-state index contributed by atoms with van der Waals surface area (Å²) < 4.78 is 74.4. The highest BCUT2D eigenvalue weighted by molar-refractivity contribution is 5.98. The van der Waals surface area contributed by atoms with E-state index in [-0.39, 0.29) is 94.9 Å². The quantitative estimate of drug-likeness (QED) is 0.0103. The minimum Gasteiger partial charge on any atom is -0.497 e. The van der Waals surface area contributed by atoms with Gasteiger partial charge >= 0.3 is 12.1 Å². The van der Waals surface area contributed by atoms with Gasteiger partial charge in [-0.15, -0.1) is 0 Å². The number of amides is 5. The van der Waals surface area contributed by atoms with Gasteiger partial charge < -0.3 is 92.3 Å². The number of carbonyl (C=O) groups is 7. The van der Waals surface area contributed by atoms with Crippen molar-refractivity contribution in [1.29, 1.82) is 0 Å². The maximum absolute atomic E-state index is 14.3. The van der Waals surface area contributed by atoms with Crippen LogP contribution in [-0.2, 0) is 114 Å². The number of para-hydroxylation sites is 1.